The van der Waals surface area contributed by atoms with E-state index < -0.39 is 17.7 Å². The van der Waals surface area contributed by atoms with Gasteiger partial charge in [0.2, 0.25) is 0 Å². The second-order valence-electron chi connectivity index (χ2n) is 5.39. The zero-order valence-corrected chi connectivity index (χ0v) is 13.6. The summed E-state index contributed by atoms with van der Waals surface area (Å²) >= 11 is 5.97. The molecule has 1 atom stereocenters. The van der Waals surface area contributed by atoms with Gasteiger partial charge in [-0.2, -0.15) is 5.10 Å². The number of carbonyl (C=O) groups is 1. The van der Waals surface area contributed by atoms with Crippen LogP contribution in [0.1, 0.15) is 17.4 Å². The van der Waals surface area contributed by atoms with E-state index in [-0.39, 0.29) is 0 Å². The van der Waals surface area contributed by atoms with Gasteiger partial charge in [-0.25, -0.2) is 8.78 Å². The van der Waals surface area contributed by atoms with E-state index >= 15 is 0 Å². The summed E-state index contributed by atoms with van der Waals surface area (Å²) in [4.78, 5) is 10.8. The van der Waals surface area contributed by atoms with Crippen LogP contribution in [0.25, 0.3) is 11.3 Å². The average Bonchev–Trinajstić information content (AvgIpc) is 3.05. The lowest BCUT2D eigenvalue weighted by atomic mass is 10.0. The fourth-order valence-electron chi connectivity index (χ4n) is 2.49. The zero-order valence-electron chi connectivity index (χ0n) is 12.9. The topological polar surface area (TPSA) is 55.0 Å². The van der Waals surface area contributed by atoms with Crippen molar-refractivity contribution in [1.82, 2.24) is 10.2 Å². The number of aromatic nitrogens is 2. The molecule has 1 N–H and O–H groups in total. The zero-order chi connectivity index (χ0) is 17.8. The number of nitrogens with zero attached hydrogens (tertiary/aromatic N) is 1. The molecule has 0 saturated heterocycles. The lowest BCUT2D eigenvalue weighted by molar-refractivity contribution is -0.133. The Morgan fingerprint density at radius 2 is 2.00 bits per heavy atom. The Bertz CT molecular complexity index is 898. The van der Waals surface area contributed by atoms with Gasteiger partial charge in [0.15, 0.2) is 11.6 Å². The molecule has 0 spiro atoms. The maximum absolute atomic E-state index is 13.4. The van der Waals surface area contributed by atoms with Crippen molar-refractivity contribution >= 4 is 18.1 Å². The molecule has 0 fully saturated rings. The number of H-pyrrole nitrogens is 1. The van der Waals surface area contributed by atoms with Crippen LogP contribution >= 0.6 is 11.6 Å². The number of rotatable bonds is 6. The van der Waals surface area contributed by atoms with Gasteiger partial charge in [-0.3, -0.25) is 9.89 Å². The van der Waals surface area contributed by atoms with Gasteiger partial charge in [-0.1, -0.05) is 23.7 Å². The van der Waals surface area contributed by atoms with Crippen molar-refractivity contribution in [3.63, 3.8) is 0 Å². The van der Waals surface area contributed by atoms with Crippen molar-refractivity contribution in [1.29, 1.82) is 0 Å². The fraction of sp³-hybridized carbons (Fsp3) is 0.111. The maximum Gasteiger partial charge on any atom is 0.293 e. The molecule has 2 aromatic carbocycles. The first-order valence-corrected chi connectivity index (χ1v) is 7.79. The van der Waals surface area contributed by atoms with E-state index in [1.807, 2.05) is 0 Å². The van der Waals surface area contributed by atoms with Crippen molar-refractivity contribution in [2.45, 2.75) is 12.5 Å². The van der Waals surface area contributed by atoms with Crippen molar-refractivity contribution in [3.05, 3.63) is 76.4 Å². The van der Waals surface area contributed by atoms with Crippen LogP contribution in [0.2, 0.25) is 5.02 Å². The largest absolute Gasteiger partial charge is 0.459 e. The Labute approximate surface area is 147 Å². The van der Waals surface area contributed by atoms with E-state index in [2.05, 4.69) is 10.2 Å². The number of hydrogen-bond donors (Lipinski definition) is 1. The number of aromatic amines is 1. The van der Waals surface area contributed by atoms with Crippen LogP contribution in [-0.2, 0) is 16.0 Å². The van der Waals surface area contributed by atoms with Gasteiger partial charge < -0.3 is 4.74 Å². The summed E-state index contributed by atoms with van der Waals surface area (Å²) in [5.74, 6) is -1.86. The summed E-state index contributed by atoms with van der Waals surface area (Å²) in [6, 6.07) is 12.2. The summed E-state index contributed by atoms with van der Waals surface area (Å²) in [7, 11) is 0. The molecule has 4 nitrogen and oxygen atoms in total. The predicted molar refractivity (Wildman–Crippen MR) is 89.0 cm³/mol. The second kappa shape index (κ2) is 7.44. The fourth-order valence-corrected chi connectivity index (χ4v) is 2.69. The molecule has 0 saturated carbocycles. The highest BCUT2D eigenvalue weighted by molar-refractivity contribution is 6.30. The third kappa shape index (κ3) is 4.03. The molecule has 1 aromatic heterocycles. The van der Waals surface area contributed by atoms with Crippen LogP contribution < -0.4 is 0 Å². The molecule has 0 aliphatic rings. The van der Waals surface area contributed by atoms with Gasteiger partial charge in [0, 0.05) is 22.7 Å². The van der Waals surface area contributed by atoms with Gasteiger partial charge in [0.25, 0.3) is 6.47 Å². The highest BCUT2D eigenvalue weighted by Gasteiger charge is 2.16. The summed E-state index contributed by atoms with van der Waals surface area (Å²) in [5.41, 5.74) is 2.32. The SMILES string of the molecule is O=COC(Cc1cc(-c2ccc(F)c(F)c2)n[nH]1)c1cccc(Cl)c1. The van der Waals surface area contributed by atoms with Gasteiger partial charge in [-0.05, 0) is 42.0 Å². The number of hydrogen-bond acceptors (Lipinski definition) is 3. The molecule has 0 bridgehead atoms. The minimum atomic E-state index is -0.942. The predicted octanol–water partition coefficient (Wildman–Crippen LogP) is 4.47. The third-order valence-electron chi connectivity index (χ3n) is 3.69. The van der Waals surface area contributed by atoms with E-state index in [0.29, 0.717) is 34.9 Å². The molecule has 25 heavy (non-hydrogen) atoms. The molecule has 0 aliphatic heterocycles. The van der Waals surface area contributed by atoms with Gasteiger partial charge in [0.05, 0.1) is 5.69 Å². The van der Waals surface area contributed by atoms with Crippen LogP contribution in [0.4, 0.5) is 8.78 Å². The molecular weight excluding hydrogens is 350 g/mol. The molecular formula is C18H13ClF2N2O2. The minimum absolute atomic E-state index is 0.329. The first kappa shape index (κ1) is 17.1. The summed E-state index contributed by atoms with van der Waals surface area (Å²) in [6.07, 6.45) is -0.218. The summed E-state index contributed by atoms with van der Waals surface area (Å²) in [5, 5.41) is 7.45. The van der Waals surface area contributed by atoms with E-state index in [4.69, 9.17) is 16.3 Å². The number of ether oxygens (including phenoxy) is 1. The first-order valence-electron chi connectivity index (χ1n) is 7.41. The van der Waals surface area contributed by atoms with Crippen molar-refractivity contribution in [3.8, 4) is 11.3 Å². The van der Waals surface area contributed by atoms with Crippen LogP contribution in [0.3, 0.4) is 0 Å². The lowest BCUT2D eigenvalue weighted by Gasteiger charge is -2.14. The average molecular weight is 363 g/mol. The summed E-state index contributed by atoms with van der Waals surface area (Å²) in [6.45, 7) is 0.373. The Kier molecular flexibility index (Phi) is 5.09. The molecule has 0 aliphatic carbocycles. The Hall–Kier alpha value is -2.73. The standard InChI is InChI=1S/C18H13ClF2N2O2/c19-13-3-1-2-12(6-13)18(25-10-24)9-14-8-17(23-22-14)11-4-5-15(20)16(21)7-11/h1-8,10,18H,9H2,(H,22,23). The number of benzene rings is 2. The highest BCUT2D eigenvalue weighted by atomic mass is 35.5. The molecule has 128 valence electrons. The smallest absolute Gasteiger partial charge is 0.293 e. The van der Waals surface area contributed by atoms with Gasteiger partial charge in [0.1, 0.15) is 6.10 Å². The highest BCUT2D eigenvalue weighted by Crippen LogP contribution is 2.26. The minimum Gasteiger partial charge on any atom is -0.459 e. The van der Waals surface area contributed by atoms with E-state index in [1.54, 1.807) is 30.3 Å². The van der Waals surface area contributed by atoms with E-state index in [9.17, 15) is 13.6 Å². The van der Waals surface area contributed by atoms with Gasteiger partial charge >= 0.3 is 0 Å². The Morgan fingerprint density at radius 1 is 1.16 bits per heavy atom. The lowest BCUT2D eigenvalue weighted by Crippen LogP contribution is -2.07. The maximum atomic E-state index is 13.4. The monoisotopic (exact) mass is 362 g/mol. The van der Waals surface area contributed by atoms with Gasteiger partial charge in [-0.15, -0.1) is 0 Å². The van der Waals surface area contributed by atoms with E-state index in [1.165, 1.54) is 6.07 Å². The van der Waals surface area contributed by atoms with Crippen LogP contribution in [-0.4, -0.2) is 16.7 Å². The third-order valence-corrected chi connectivity index (χ3v) is 3.93. The van der Waals surface area contributed by atoms with Crippen molar-refractivity contribution < 1.29 is 18.3 Å². The Balaban J connectivity index is 1.83. The van der Waals surface area contributed by atoms with Crippen LogP contribution in [0.5, 0.6) is 0 Å². The molecule has 3 rings (SSSR count). The molecule has 0 radical (unpaired) electrons. The van der Waals surface area contributed by atoms with Crippen molar-refractivity contribution in [2.24, 2.45) is 0 Å². The number of nitrogens with one attached hydrogen (secondary N) is 1. The second-order valence-corrected chi connectivity index (χ2v) is 5.82. The molecule has 1 heterocycles. The van der Waals surface area contributed by atoms with Crippen LogP contribution in [0, 0.1) is 11.6 Å². The molecule has 1 unspecified atom stereocenters. The first-order chi connectivity index (χ1) is 12.1. The summed E-state index contributed by atoms with van der Waals surface area (Å²) < 4.78 is 31.5. The number of carbonyl (C=O) groups excluding carboxylic acids is 1. The molecule has 7 heteroatoms. The molecule has 3 aromatic rings. The normalized spacial score (nSPS) is 12.0. The van der Waals surface area contributed by atoms with Crippen LogP contribution in [0.15, 0.2) is 48.5 Å². The molecule has 0 amide bonds. The quantitative estimate of drug-likeness (QED) is 0.658. The van der Waals surface area contributed by atoms with E-state index in [0.717, 1.165) is 17.7 Å². The number of halogens is 3. The Morgan fingerprint density at radius 3 is 2.72 bits per heavy atom. The van der Waals surface area contributed by atoms with Crippen molar-refractivity contribution in [2.75, 3.05) is 0 Å².